The van der Waals surface area contributed by atoms with Gasteiger partial charge in [0.2, 0.25) is 0 Å². The molecule has 0 unspecified atom stereocenters. The van der Waals surface area contributed by atoms with Crippen LogP contribution in [0.4, 0.5) is 0 Å². The third-order valence-electron chi connectivity index (χ3n) is 6.40. The molecule has 0 aliphatic heterocycles. The Hall–Kier alpha value is -3.15. The van der Waals surface area contributed by atoms with Crippen LogP contribution in [0.25, 0.3) is 11.1 Å². The molecule has 6 nitrogen and oxygen atoms in total. The van der Waals surface area contributed by atoms with Crippen LogP contribution in [0.5, 0.6) is 0 Å². The van der Waals surface area contributed by atoms with Crippen molar-refractivity contribution in [3.63, 3.8) is 0 Å². The summed E-state index contributed by atoms with van der Waals surface area (Å²) in [5, 5.41) is 14.2. The fourth-order valence-corrected chi connectivity index (χ4v) is 4.59. The van der Waals surface area contributed by atoms with Crippen LogP contribution in [0, 0.1) is 0 Å². The number of benzene rings is 2. The van der Waals surface area contributed by atoms with Gasteiger partial charge in [0.1, 0.15) is 5.82 Å². The predicted molar refractivity (Wildman–Crippen MR) is 125 cm³/mol. The minimum absolute atomic E-state index is 0.0108. The van der Waals surface area contributed by atoms with E-state index in [0.29, 0.717) is 12.1 Å². The van der Waals surface area contributed by atoms with Gasteiger partial charge in [-0.25, -0.2) is 14.3 Å². The van der Waals surface area contributed by atoms with Crippen LogP contribution in [-0.2, 0) is 13.0 Å². The molecule has 1 aromatic heterocycles. The van der Waals surface area contributed by atoms with E-state index in [1.54, 1.807) is 16.8 Å². The molecule has 6 heteroatoms. The minimum atomic E-state index is -0.938. The number of carboxylic acid groups (broad SMARTS) is 1. The highest BCUT2D eigenvalue weighted by Crippen LogP contribution is 2.27. The molecular formula is C26H31N3O3. The van der Waals surface area contributed by atoms with E-state index in [1.807, 2.05) is 41.0 Å². The number of carboxylic acids is 1. The summed E-state index contributed by atoms with van der Waals surface area (Å²) in [5.74, 6) is -0.0744. The number of carbonyl (C=O) groups is 1. The Balaban J connectivity index is 1.61. The van der Waals surface area contributed by atoms with Gasteiger partial charge < -0.3 is 5.11 Å². The summed E-state index contributed by atoms with van der Waals surface area (Å²) in [7, 11) is 0. The molecular weight excluding hydrogens is 402 g/mol. The van der Waals surface area contributed by atoms with Crippen molar-refractivity contribution in [2.75, 3.05) is 0 Å². The molecule has 1 saturated carbocycles. The van der Waals surface area contributed by atoms with Gasteiger partial charge in [0, 0.05) is 6.42 Å². The Labute approximate surface area is 188 Å². The average molecular weight is 434 g/mol. The molecule has 2 aromatic carbocycles. The van der Waals surface area contributed by atoms with Crippen molar-refractivity contribution in [3.8, 4) is 11.1 Å². The zero-order chi connectivity index (χ0) is 22.5. The van der Waals surface area contributed by atoms with Gasteiger partial charge in [-0.1, -0.05) is 75.1 Å². The van der Waals surface area contributed by atoms with Gasteiger partial charge in [-0.15, -0.1) is 0 Å². The number of rotatable bonds is 8. The number of unbranched alkanes of at least 4 members (excludes halogenated alkanes) is 1. The number of hydrogen-bond acceptors (Lipinski definition) is 3. The molecule has 1 heterocycles. The Kier molecular flexibility index (Phi) is 6.88. The second-order valence-corrected chi connectivity index (χ2v) is 8.67. The van der Waals surface area contributed by atoms with E-state index in [-0.39, 0.29) is 17.3 Å². The van der Waals surface area contributed by atoms with Gasteiger partial charge in [-0.3, -0.25) is 4.57 Å². The standard InChI is InChI=1S/C26H31N3O3/c1-2-3-13-24-27-29(21-9-5-4-6-10-21)26(32)28(24)18-19-14-16-20(17-15-19)22-11-7-8-12-23(22)25(30)31/h7-8,11-12,14-17,21H,2-6,9-10,13,18H2,1H3,(H,30,31). The first-order valence-corrected chi connectivity index (χ1v) is 11.7. The zero-order valence-electron chi connectivity index (χ0n) is 18.7. The van der Waals surface area contributed by atoms with Crippen molar-refractivity contribution in [1.29, 1.82) is 0 Å². The summed E-state index contributed by atoms with van der Waals surface area (Å²) in [4.78, 5) is 24.8. The van der Waals surface area contributed by atoms with Gasteiger partial charge in [0.25, 0.3) is 0 Å². The summed E-state index contributed by atoms with van der Waals surface area (Å²) in [6.45, 7) is 2.62. The number of nitrogens with zero attached hydrogens (tertiary/aromatic N) is 3. The molecule has 0 amide bonds. The van der Waals surface area contributed by atoms with Gasteiger partial charge in [-0.05, 0) is 42.0 Å². The summed E-state index contributed by atoms with van der Waals surface area (Å²) in [5.41, 5.74) is 2.82. The summed E-state index contributed by atoms with van der Waals surface area (Å²) >= 11 is 0. The van der Waals surface area contributed by atoms with Gasteiger partial charge in [0.05, 0.1) is 18.2 Å². The lowest BCUT2D eigenvalue weighted by atomic mass is 9.96. The lowest BCUT2D eigenvalue weighted by Gasteiger charge is -2.20. The molecule has 3 aromatic rings. The normalized spacial score (nSPS) is 14.5. The average Bonchev–Trinajstić information content (AvgIpc) is 3.14. The first-order chi connectivity index (χ1) is 15.6. The van der Waals surface area contributed by atoms with E-state index in [4.69, 9.17) is 5.10 Å². The van der Waals surface area contributed by atoms with E-state index >= 15 is 0 Å². The molecule has 1 aliphatic rings. The fourth-order valence-electron chi connectivity index (χ4n) is 4.59. The van der Waals surface area contributed by atoms with Crippen LogP contribution >= 0.6 is 0 Å². The van der Waals surface area contributed by atoms with E-state index in [2.05, 4.69) is 6.92 Å². The lowest BCUT2D eigenvalue weighted by Crippen LogP contribution is -2.30. The second kappa shape index (κ2) is 9.98. The molecule has 0 saturated heterocycles. The van der Waals surface area contributed by atoms with Gasteiger partial charge in [-0.2, -0.15) is 5.10 Å². The summed E-state index contributed by atoms with van der Waals surface area (Å²) in [6, 6.07) is 15.0. The quantitative estimate of drug-likeness (QED) is 0.522. The summed E-state index contributed by atoms with van der Waals surface area (Å²) in [6.07, 6.45) is 8.49. The molecule has 168 valence electrons. The van der Waals surface area contributed by atoms with Gasteiger partial charge >= 0.3 is 11.7 Å². The Morgan fingerprint density at radius 2 is 1.78 bits per heavy atom. The van der Waals surface area contributed by atoms with E-state index in [9.17, 15) is 14.7 Å². The molecule has 1 N–H and O–H groups in total. The number of aromatic nitrogens is 3. The van der Waals surface area contributed by atoms with Gasteiger partial charge in [0.15, 0.2) is 0 Å². The smallest absolute Gasteiger partial charge is 0.346 e. The molecule has 1 aliphatic carbocycles. The molecule has 0 spiro atoms. The van der Waals surface area contributed by atoms with Crippen molar-refractivity contribution < 1.29 is 9.90 Å². The molecule has 0 radical (unpaired) electrons. The fraction of sp³-hybridized carbons (Fsp3) is 0.423. The zero-order valence-corrected chi connectivity index (χ0v) is 18.7. The highest BCUT2D eigenvalue weighted by Gasteiger charge is 2.22. The van der Waals surface area contributed by atoms with Crippen molar-refractivity contribution in [1.82, 2.24) is 14.3 Å². The second-order valence-electron chi connectivity index (χ2n) is 8.67. The van der Waals surface area contributed by atoms with Crippen molar-refractivity contribution in [2.45, 2.75) is 70.9 Å². The van der Waals surface area contributed by atoms with Crippen molar-refractivity contribution >= 4 is 5.97 Å². The Bertz CT molecular complexity index is 1120. The van der Waals surface area contributed by atoms with Crippen LogP contribution in [0.15, 0.2) is 53.3 Å². The van der Waals surface area contributed by atoms with Crippen molar-refractivity contribution in [2.24, 2.45) is 0 Å². The largest absolute Gasteiger partial charge is 0.478 e. The maximum Gasteiger partial charge on any atom is 0.346 e. The van der Waals surface area contributed by atoms with E-state index in [0.717, 1.165) is 61.9 Å². The van der Waals surface area contributed by atoms with Crippen LogP contribution < -0.4 is 5.69 Å². The SMILES string of the molecule is CCCCc1nn(C2CCCCC2)c(=O)n1Cc1ccc(-c2ccccc2C(=O)O)cc1. The number of aromatic carboxylic acids is 1. The molecule has 0 bridgehead atoms. The first-order valence-electron chi connectivity index (χ1n) is 11.7. The first kappa shape index (κ1) is 22.1. The van der Waals surface area contributed by atoms with Crippen LogP contribution in [-0.4, -0.2) is 25.4 Å². The Morgan fingerprint density at radius 3 is 2.47 bits per heavy atom. The molecule has 0 atom stereocenters. The van der Waals surface area contributed by atoms with E-state index in [1.165, 1.54) is 6.42 Å². The number of aryl methyl sites for hydroxylation is 1. The molecule has 1 fully saturated rings. The monoisotopic (exact) mass is 433 g/mol. The van der Waals surface area contributed by atoms with Crippen molar-refractivity contribution in [3.05, 3.63) is 76.0 Å². The minimum Gasteiger partial charge on any atom is -0.478 e. The maximum absolute atomic E-state index is 13.3. The topological polar surface area (TPSA) is 77.1 Å². The third kappa shape index (κ3) is 4.69. The van der Waals surface area contributed by atoms with Crippen LogP contribution in [0.3, 0.4) is 0 Å². The Morgan fingerprint density at radius 1 is 1.06 bits per heavy atom. The lowest BCUT2D eigenvalue weighted by molar-refractivity contribution is 0.0697. The molecule has 32 heavy (non-hydrogen) atoms. The predicted octanol–water partition coefficient (Wildman–Crippen LogP) is 5.31. The summed E-state index contributed by atoms with van der Waals surface area (Å²) < 4.78 is 3.56. The molecule has 4 rings (SSSR count). The third-order valence-corrected chi connectivity index (χ3v) is 6.40. The maximum atomic E-state index is 13.3. The van der Waals surface area contributed by atoms with E-state index < -0.39 is 5.97 Å². The highest BCUT2D eigenvalue weighted by atomic mass is 16.4. The van der Waals surface area contributed by atoms with Crippen LogP contribution in [0.2, 0.25) is 0 Å². The number of hydrogen-bond donors (Lipinski definition) is 1. The van der Waals surface area contributed by atoms with Crippen LogP contribution in [0.1, 0.15) is 79.7 Å². The highest BCUT2D eigenvalue weighted by molar-refractivity contribution is 5.95.